The minimum atomic E-state index is -0.790. The Bertz CT molecular complexity index is 1210. The molecule has 6 nitrogen and oxygen atoms in total. The van der Waals surface area contributed by atoms with E-state index in [1.54, 1.807) is 0 Å². The van der Waals surface area contributed by atoms with Gasteiger partial charge in [0.05, 0.1) is 0 Å². The minimum Gasteiger partial charge on any atom is -0.462 e. The van der Waals surface area contributed by atoms with E-state index in [-0.39, 0.29) is 31.1 Å². The highest BCUT2D eigenvalue weighted by molar-refractivity contribution is 5.71. The van der Waals surface area contributed by atoms with E-state index in [1.165, 1.54) is 96.3 Å². The molecule has 0 saturated heterocycles. The van der Waals surface area contributed by atoms with Crippen LogP contribution in [0, 0.1) is 0 Å². The molecule has 0 bridgehead atoms. The normalized spacial score (nSPS) is 12.6. The van der Waals surface area contributed by atoms with Crippen molar-refractivity contribution in [2.45, 2.75) is 264 Å². The molecule has 0 aliphatic rings. The van der Waals surface area contributed by atoms with Crippen LogP contribution in [0.1, 0.15) is 258 Å². The number of hydrogen-bond donors (Lipinski definition) is 0. The van der Waals surface area contributed by atoms with E-state index in [1.807, 2.05) is 0 Å². The standard InChI is InChI=1S/C58H100O6/c1-4-7-10-13-16-19-22-25-27-28-29-30-31-34-36-39-42-45-48-51-57(60)63-54-55(53-62-56(59)50-47-44-41-38-35-32-24-21-18-15-12-9-6-3)64-58(61)52-49-46-43-40-37-33-26-23-20-17-14-11-8-5-2/h12,15-16,19,21,23-27,29-30,55H,4-11,13-14,17-18,20,22,28,31-54H2,1-3H3/b15-12-,19-16-,24-21-,26-23-,27-25-,30-29-. The summed E-state index contributed by atoms with van der Waals surface area (Å²) >= 11 is 0. The molecular formula is C58H100O6. The van der Waals surface area contributed by atoms with Crippen LogP contribution in [0.25, 0.3) is 0 Å². The average Bonchev–Trinajstić information content (AvgIpc) is 3.29. The van der Waals surface area contributed by atoms with Crippen LogP contribution in [0.4, 0.5) is 0 Å². The van der Waals surface area contributed by atoms with Crippen molar-refractivity contribution in [3.63, 3.8) is 0 Å². The molecule has 0 aliphatic heterocycles. The Hall–Kier alpha value is -3.15. The lowest BCUT2D eigenvalue weighted by Crippen LogP contribution is -2.30. The Morgan fingerprint density at radius 1 is 0.312 bits per heavy atom. The third-order valence-electron chi connectivity index (χ3n) is 11.4. The lowest BCUT2D eigenvalue weighted by molar-refractivity contribution is -0.167. The fourth-order valence-corrected chi connectivity index (χ4v) is 7.30. The van der Waals surface area contributed by atoms with Gasteiger partial charge in [-0.2, -0.15) is 0 Å². The fourth-order valence-electron chi connectivity index (χ4n) is 7.30. The number of ether oxygens (including phenoxy) is 3. The van der Waals surface area contributed by atoms with Crippen LogP contribution < -0.4 is 0 Å². The quantitative estimate of drug-likeness (QED) is 0.0262. The second-order valence-corrected chi connectivity index (χ2v) is 17.8. The van der Waals surface area contributed by atoms with Gasteiger partial charge in [0.2, 0.25) is 0 Å². The molecule has 0 aliphatic carbocycles. The molecule has 6 heteroatoms. The maximum atomic E-state index is 12.8. The first-order valence-electron chi connectivity index (χ1n) is 26.9. The number of hydrogen-bond acceptors (Lipinski definition) is 6. The van der Waals surface area contributed by atoms with Crippen LogP contribution in [0.15, 0.2) is 72.9 Å². The summed E-state index contributed by atoms with van der Waals surface area (Å²) in [5.74, 6) is -0.922. The van der Waals surface area contributed by atoms with Gasteiger partial charge < -0.3 is 14.2 Å². The van der Waals surface area contributed by atoms with E-state index < -0.39 is 6.10 Å². The molecule has 0 saturated carbocycles. The summed E-state index contributed by atoms with van der Waals surface area (Å²) in [4.78, 5) is 38.0. The van der Waals surface area contributed by atoms with E-state index in [0.29, 0.717) is 19.3 Å². The first kappa shape index (κ1) is 60.9. The minimum absolute atomic E-state index is 0.0902. The van der Waals surface area contributed by atoms with Gasteiger partial charge in [-0.1, -0.05) is 203 Å². The Kier molecular flexibility index (Phi) is 49.9. The Morgan fingerprint density at radius 2 is 0.594 bits per heavy atom. The van der Waals surface area contributed by atoms with Gasteiger partial charge in [-0.25, -0.2) is 0 Å². The molecule has 368 valence electrons. The van der Waals surface area contributed by atoms with Crippen LogP contribution in [0.5, 0.6) is 0 Å². The number of rotatable bonds is 48. The summed E-state index contributed by atoms with van der Waals surface area (Å²) in [7, 11) is 0. The Morgan fingerprint density at radius 3 is 0.984 bits per heavy atom. The van der Waals surface area contributed by atoms with Crippen molar-refractivity contribution < 1.29 is 28.6 Å². The van der Waals surface area contributed by atoms with Gasteiger partial charge in [0.1, 0.15) is 13.2 Å². The van der Waals surface area contributed by atoms with E-state index >= 15 is 0 Å². The maximum Gasteiger partial charge on any atom is 0.306 e. The molecule has 0 rings (SSSR count). The number of esters is 3. The largest absolute Gasteiger partial charge is 0.462 e. The summed E-state index contributed by atoms with van der Waals surface area (Å²) in [6.45, 7) is 6.51. The van der Waals surface area contributed by atoms with Crippen LogP contribution in [-0.2, 0) is 28.6 Å². The molecule has 1 unspecified atom stereocenters. The van der Waals surface area contributed by atoms with E-state index in [9.17, 15) is 14.4 Å². The smallest absolute Gasteiger partial charge is 0.306 e. The summed E-state index contributed by atoms with van der Waals surface area (Å²) in [6, 6.07) is 0. The third-order valence-corrected chi connectivity index (χ3v) is 11.4. The van der Waals surface area contributed by atoms with Crippen molar-refractivity contribution in [1.29, 1.82) is 0 Å². The van der Waals surface area contributed by atoms with Crippen molar-refractivity contribution in [2.24, 2.45) is 0 Å². The first-order valence-corrected chi connectivity index (χ1v) is 26.9. The number of allylic oxidation sites excluding steroid dienone is 12. The van der Waals surface area contributed by atoms with Crippen LogP contribution in [0.3, 0.4) is 0 Å². The summed E-state index contributed by atoms with van der Waals surface area (Å²) in [5.41, 5.74) is 0. The van der Waals surface area contributed by atoms with Gasteiger partial charge in [0, 0.05) is 19.3 Å². The predicted molar refractivity (Wildman–Crippen MR) is 274 cm³/mol. The summed E-state index contributed by atoms with van der Waals surface area (Å²) in [5, 5.41) is 0. The number of carbonyl (C=O) groups excluding carboxylic acids is 3. The number of unbranched alkanes of at least 4 members (excludes halogenated alkanes) is 25. The monoisotopic (exact) mass is 893 g/mol. The molecule has 0 spiro atoms. The second kappa shape index (κ2) is 52.5. The van der Waals surface area contributed by atoms with Crippen molar-refractivity contribution in [2.75, 3.05) is 13.2 Å². The molecule has 0 aromatic heterocycles. The van der Waals surface area contributed by atoms with Gasteiger partial charge in [-0.05, 0) is 109 Å². The van der Waals surface area contributed by atoms with E-state index in [4.69, 9.17) is 14.2 Å². The van der Waals surface area contributed by atoms with Crippen LogP contribution in [-0.4, -0.2) is 37.2 Å². The molecule has 0 N–H and O–H groups in total. The molecule has 0 radical (unpaired) electrons. The predicted octanol–water partition coefficient (Wildman–Crippen LogP) is 17.8. The Labute approximate surface area is 395 Å². The van der Waals surface area contributed by atoms with Crippen molar-refractivity contribution in [1.82, 2.24) is 0 Å². The van der Waals surface area contributed by atoms with Crippen LogP contribution >= 0.6 is 0 Å². The van der Waals surface area contributed by atoms with Crippen molar-refractivity contribution in [3.05, 3.63) is 72.9 Å². The van der Waals surface area contributed by atoms with E-state index in [2.05, 4.69) is 93.7 Å². The fraction of sp³-hybridized carbons (Fsp3) is 0.741. The lowest BCUT2D eigenvalue weighted by atomic mass is 10.1. The highest BCUT2D eigenvalue weighted by Gasteiger charge is 2.19. The summed E-state index contributed by atoms with van der Waals surface area (Å²) < 4.78 is 16.8. The molecule has 0 aromatic carbocycles. The maximum absolute atomic E-state index is 12.8. The van der Waals surface area contributed by atoms with E-state index in [0.717, 1.165) is 122 Å². The average molecular weight is 893 g/mol. The van der Waals surface area contributed by atoms with Gasteiger partial charge >= 0.3 is 17.9 Å². The molecule has 0 fully saturated rings. The Balaban J connectivity index is 4.41. The molecule has 0 aromatic rings. The topological polar surface area (TPSA) is 78.9 Å². The van der Waals surface area contributed by atoms with Crippen molar-refractivity contribution >= 4 is 17.9 Å². The molecule has 0 heterocycles. The zero-order valence-electron chi connectivity index (χ0n) is 42.0. The zero-order valence-corrected chi connectivity index (χ0v) is 42.0. The van der Waals surface area contributed by atoms with Crippen molar-refractivity contribution in [3.8, 4) is 0 Å². The van der Waals surface area contributed by atoms with Gasteiger partial charge in [0.25, 0.3) is 0 Å². The molecular weight excluding hydrogens is 793 g/mol. The lowest BCUT2D eigenvalue weighted by Gasteiger charge is -2.18. The third kappa shape index (κ3) is 49.9. The second-order valence-electron chi connectivity index (χ2n) is 17.8. The van der Waals surface area contributed by atoms with Gasteiger partial charge in [-0.3, -0.25) is 14.4 Å². The van der Waals surface area contributed by atoms with Crippen LogP contribution in [0.2, 0.25) is 0 Å². The van der Waals surface area contributed by atoms with Gasteiger partial charge in [0.15, 0.2) is 6.10 Å². The molecule has 1 atom stereocenters. The van der Waals surface area contributed by atoms with Gasteiger partial charge in [-0.15, -0.1) is 0 Å². The first-order chi connectivity index (χ1) is 31.5. The number of carbonyl (C=O) groups is 3. The molecule has 64 heavy (non-hydrogen) atoms. The highest BCUT2D eigenvalue weighted by atomic mass is 16.6. The SMILES string of the molecule is CCC/C=C\C/C=C\CCCCCCCC(=O)OCC(COC(=O)CCCCCCCC/C=C\C/C=C\C/C=C\CCCCC)OC(=O)CCCCCCC/C=C\CCCCCCC. The molecule has 0 amide bonds. The highest BCUT2D eigenvalue weighted by Crippen LogP contribution is 2.14. The zero-order chi connectivity index (χ0) is 46.5. The summed E-state index contributed by atoms with van der Waals surface area (Å²) in [6.07, 6.45) is 65.9.